The normalized spacial score (nSPS) is 22.0. The van der Waals surface area contributed by atoms with Crippen LogP contribution in [0, 0.1) is 5.92 Å². The Bertz CT molecular complexity index is 453. The molecule has 0 bridgehead atoms. The highest BCUT2D eigenvalue weighted by Crippen LogP contribution is 2.32. The highest BCUT2D eigenvalue weighted by molar-refractivity contribution is 9.10. The fourth-order valence-electron chi connectivity index (χ4n) is 2.70. The fourth-order valence-corrected chi connectivity index (χ4v) is 3.26. The van der Waals surface area contributed by atoms with E-state index in [1.54, 1.807) is 14.2 Å². The lowest BCUT2D eigenvalue weighted by molar-refractivity contribution is 0.131. The molecule has 5 heteroatoms. The summed E-state index contributed by atoms with van der Waals surface area (Å²) in [6.45, 7) is 1.54. The lowest BCUT2D eigenvalue weighted by Gasteiger charge is -2.17. The van der Waals surface area contributed by atoms with Crippen molar-refractivity contribution in [2.75, 3.05) is 20.8 Å². The minimum absolute atomic E-state index is 0.149. The molecular formula is C15H22BrNO3. The van der Waals surface area contributed by atoms with Crippen molar-refractivity contribution in [2.45, 2.75) is 31.9 Å². The van der Waals surface area contributed by atoms with Crippen molar-refractivity contribution in [2.24, 2.45) is 5.92 Å². The van der Waals surface area contributed by atoms with Gasteiger partial charge in [-0.2, -0.15) is 0 Å². The number of methoxy groups -OCH3 is 2. The van der Waals surface area contributed by atoms with E-state index in [1.165, 1.54) is 0 Å². The lowest BCUT2D eigenvalue weighted by atomic mass is 10.1. The zero-order chi connectivity index (χ0) is 14.5. The minimum atomic E-state index is -0.149. The molecule has 0 heterocycles. The Kier molecular flexibility index (Phi) is 5.69. The molecule has 2 unspecified atom stereocenters. The van der Waals surface area contributed by atoms with Crippen molar-refractivity contribution in [1.29, 1.82) is 0 Å². The molecule has 1 aromatic rings. The van der Waals surface area contributed by atoms with E-state index >= 15 is 0 Å². The summed E-state index contributed by atoms with van der Waals surface area (Å²) < 4.78 is 11.6. The second kappa shape index (κ2) is 7.29. The summed E-state index contributed by atoms with van der Waals surface area (Å²) in [5.41, 5.74) is 1.07. The molecule has 0 aliphatic heterocycles. The fraction of sp³-hybridized carbons (Fsp3) is 0.600. The Morgan fingerprint density at radius 1 is 1.30 bits per heavy atom. The van der Waals surface area contributed by atoms with Gasteiger partial charge in [-0.25, -0.2) is 0 Å². The maximum Gasteiger partial charge on any atom is 0.128 e. The summed E-state index contributed by atoms with van der Waals surface area (Å²) in [5, 5.41) is 13.2. The molecule has 1 aromatic carbocycles. The molecule has 2 rings (SSSR count). The van der Waals surface area contributed by atoms with Crippen LogP contribution in [-0.2, 0) is 6.54 Å². The SMILES string of the molecule is COc1cc(Br)c(CNCC2CCCC2O)c(OC)c1. The predicted octanol–water partition coefficient (Wildman–Crippen LogP) is 2.72. The molecule has 0 spiro atoms. The zero-order valence-corrected chi connectivity index (χ0v) is 13.6. The molecule has 2 N–H and O–H groups in total. The van der Waals surface area contributed by atoms with Crippen LogP contribution < -0.4 is 14.8 Å². The number of rotatable bonds is 6. The van der Waals surface area contributed by atoms with Crippen LogP contribution in [0.4, 0.5) is 0 Å². The second-order valence-electron chi connectivity index (χ2n) is 5.18. The van der Waals surface area contributed by atoms with Crippen LogP contribution in [0.5, 0.6) is 11.5 Å². The Morgan fingerprint density at radius 3 is 2.70 bits per heavy atom. The van der Waals surface area contributed by atoms with Gasteiger partial charge in [-0.3, -0.25) is 0 Å². The third-order valence-electron chi connectivity index (χ3n) is 3.91. The van der Waals surface area contributed by atoms with E-state index in [1.807, 2.05) is 12.1 Å². The van der Waals surface area contributed by atoms with Crippen molar-refractivity contribution >= 4 is 15.9 Å². The molecule has 1 fully saturated rings. The lowest BCUT2D eigenvalue weighted by Crippen LogP contribution is -2.27. The highest BCUT2D eigenvalue weighted by Gasteiger charge is 2.24. The maximum absolute atomic E-state index is 9.82. The number of hydrogen-bond acceptors (Lipinski definition) is 4. The Balaban J connectivity index is 1.98. The molecule has 0 saturated heterocycles. The molecule has 4 nitrogen and oxygen atoms in total. The quantitative estimate of drug-likeness (QED) is 0.833. The second-order valence-corrected chi connectivity index (χ2v) is 6.03. The third-order valence-corrected chi connectivity index (χ3v) is 4.62. The molecule has 0 radical (unpaired) electrons. The number of benzene rings is 1. The molecule has 1 aliphatic carbocycles. The van der Waals surface area contributed by atoms with E-state index < -0.39 is 0 Å². The first-order chi connectivity index (χ1) is 9.65. The molecule has 20 heavy (non-hydrogen) atoms. The van der Waals surface area contributed by atoms with Gasteiger partial charge in [0.2, 0.25) is 0 Å². The largest absolute Gasteiger partial charge is 0.497 e. The third kappa shape index (κ3) is 3.65. The van der Waals surface area contributed by atoms with Crippen molar-refractivity contribution in [3.05, 3.63) is 22.2 Å². The predicted molar refractivity (Wildman–Crippen MR) is 82.3 cm³/mol. The van der Waals surface area contributed by atoms with Crippen LogP contribution in [0.1, 0.15) is 24.8 Å². The molecule has 112 valence electrons. The molecular weight excluding hydrogens is 322 g/mol. The Labute approximate surface area is 128 Å². The van der Waals surface area contributed by atoms with Crippen LogP contribution >= 0.6 is 15.9 Å². The Morgan fingerprint density at radius 2 is 2.10 bits per heavy atom. The summed E-state index contributed by atoms with van der Waals surface area (Å²) in [4.78, 5) is 0. The van der Waals surface area contributed by atoms with Crippen LogP contribution in [0.15, 0.2) is 16.6 Å². The average molecular weight is 344 g/mol. The van der Waals surface area contributed by atoms with Crippen molar-refractivity contribution in [3.8, 4) is 11.5 Å². The number of aliphatic hydroxyl groups is 1. The molecule has 1 aliphatic rings. The van der Waals surface area contributed by atoms with Gasteiger partial charge in [-0.1, -0.05) is 22.4 Å². The van der Waals surface area contributed by atoms with Crippen LogP contribution in [0.3, 0.4) is 0 Å². The molecule has 1 saturated carbocycles. The average Bonchev–Trinajstić information content (AvgIpc) is 2.85. The van der Waals surface area contributed by atoms with Crippen molar-refractivity contribution in [3.63, 3.8) is 0 Å². The Hall–Kier alpha value is -0.780. The van der Waals surface area contributed by atoms with Gasteiger partial charge < -0.3 is 19.9 Å². The number of aliphatic hydroxyl groups excluding tert-OH is 1. The first kappa shape index (κ1) is 15.6. The van der Waals surface area contributed by atoms with Crippen molar-refractivity contribution < 1.29 is 14.6 Å². The van der Waals surface area contributed by atoms with Gasteiger partial charge in [0.05, 0.1) is 20.3 Å². The summed E-state index contributed by atoms with van der Waals surface area (Å²) >= 11 is 3.56. The first-order valence-electron chi connectivity index (χ1n) is 6.95. The van der Waals surface area contributed by atoms with Gasteiger partial charge in [-0.15, -0.1) is 0 Å². The topological polar surface area (TPSA) is 50.7 Å². The molecule has 0 aromatic heterocycles. The van der Waals surface area contributed by atoms with Gasteiger partial charge in [0.15, 0.2) is 0 Å². The maximum atomic E-state index is 9.82. The summed E-state index contributed by atoms with van der Waals surface area (Å²) in [5.74, 6) is 1.94. The van der Waals surface area contributed by atoms with Gasteiger partial charge in [0.1, 0.15) is 11.5 Å². The van der Waals surface area contributed by atoms with Crippen LogP contribution in [0.2, 0.25) is 0 Å². The molecule has 2 atom stereocenters. The summed E-state index contributed by atoms with van der Waals surface area (Å²) in [6.07, 6.45) is 3.02. The summed E-state index contributed by atoms with van der Waals surface area (Å²) in [6, 6.07) is 3.82. The van der Waals surface area contributed by atoms with Gasteiger partial charge in [0, 0.05) is 29.2 Å². The van der Waals surface area contributed by atoms with Gasteiger partial charge in [0.25, 0.3) is 0 Å². The molecule has 0 amide bonds. The smallest absolute Gasteiger partial charge is 0.128 e. The van der Waals surface area contributed by atoms with Gasteiger partial charge in [-0.05, 0) is 24.8 Å². The minimum Gasteiger partial charge on any atom is -0.497 e. The highest BCUT2D eigenvalue weighted by atomic mass is 79.9. The van der Waals surface area contributed by atoms with E-state index in [4.69, 9.17) is 9.47 Å². The zero-order valence-electron chi connectivity index (χ0n) is 12.0. The van der Waals surface area contributed by atoms with E-state index in [-0.39, 0.29) is 6.10 Å². The van der Waals surface area contributed by atoms with E-state index in [9.17, 15) is 5.11 Å². The van der Waals surface area contributed by atoms with E-state index in [0.717, 1.165) is 47.3 Å². The number of nitrogens with one attached hydrogen (secondary N) is 1. The number of ether oxygens (including phenoxy) is 2. The van der Waals surface area contributed by atoms with Gasteiger partial charge >= 0.3 is 0 Å². The number of halogens is 1. The van der Waals surface area contributed by atoms with E-state index in [2.05, 4.69) is 21.2 Å². The standard InChI is InChI=1S/C15H22BrNO3/c1-19-11-6-13(16)12(15(7-11)20-2)9-17-8-10-4-3-5-14(10)18/h6-7,10,14,17-18H,3-5,8-9H2,1-2H3. The van der Waals surface area contributed by atoms with Crippen LogP contribution in [0.25, 0.3) is 0 Å². The van der Waals surface area contributed by atoms with E-state index in [0.29, 0.717) is 12.5 Å². The van der Waals surface area contributed by atoms with Crippen LogP contribution in [-0.4, -0.2) is 32.0 Å². The first-order valence-corrected chi connectivity index (χ1v) is 7.74. The summed E-state index contributed by atoms with van der Waals surface area (Å²) in [7, 11) is 3.30. The monoisotopic (exact) mass is 343 g/mol. The number of hydrogen-bond donors (Lipinski definition) is 2. The van der Waals surface area contributed by atoms with Crippen molar-refractivity contribution in [1.82, 2.24) is 5.32 Å².